The molecular formula is C14H19N3O6S. The fourth-order valence-corrected chi connectivity index (χ4v) is 3.50. The predicted octanol–water partition coefficient (Wildman–Crippen LogP) is 1.02. The minimum atomic E-state index is -4.12. The van der Waals surface area contributed by atoms with E-state index in [1.165, 1.54) is 12.1 Å². The molecule has 0 radical (unpaired) electrons. The van der Waals surface area contributed by atoms with Crippen LogP contribution in [0.5, 0.6) is 0 Å². The van der Waals surface area contributed by atoms with Crippen molar-refractivity contribution in [1.29, 1.82) is 0 Å². The molecule has 0 spiro atoms. The Morgan fingerprint density at radius 1 is 1.42 bits per heavy atom. The highest BCUT2D eigenvalue weighted by Gasteiger charge is 2.29. The van der Waals surface area contributed by atoms with Crippen LogP contribution in [0.2, 0.25) is 0 Å². The van der Waals surface area contributed by atoms with Crippen molar-refractivity contribution in [2.24, 2.45) is 11.1 Å². The van der Waals surface area contributed by atoms with Crippen LogP contribution in [0, 0.1) is 16.0 Å². The zero-order valence-electron chi connectivity index (χ0n) is 13.2. The van der Waals surface area contributed by atoms with Crippen LogP contribution >= 0.6 is 0 Å². The Kier molecular flexibility index (Phi) is 5.40. The number of nitro groups is 1. The van der Waals surface area contributed by atoms with E-state index in [0.717, 1.165) is 6.07 Å². The number of primary sulfonamides is 1. The summed E-state index contributed by atoms with van der Waals surface area (Å²) in [5.74, 6) is -0.482. The molecule has 132 valence electrons. The lowest BCUT2D eigenvalue weighted by Gasteiger charge is -2.33. The molecule has 1 saturated heterocycles. The minimum Gasteiger partial charge on any atom is -0.466 e. The Bertz CT molecular complexity index is 741. The number of sulfonamides is 1. The molecule has 0 unspecified atom stereocenters. The molecule has 10 heteroatoms. The highest BCUT2D eigenvalue weighted by molar-refractivity contribution is 7.89. The van der Waals surface area contributed by atoms with Crippen molar-refractivity contribution in [1.82, 2.24) is 0 Å². The summed E-state index contributed by atoms with van der Waals surface area (Å²) >= 11 is 0. The molecule has 2 rings (SSSR count). The molecule has 0 bridgehead atoms. The van der Waals surface area contributed by atoms with Crippen LogP contribution in [0.1, 0.15) is 19.8 Å². The van der Waals surface area contributed by atoms with E-state index in [-0.39, 0.29) is 22.5 Å². The first-order valence-corrected chi connectivity index (χ1v) is 9.01. The van der Waals surface area contributed by atoms with Gasteiger partial charge < -0.3 is 9.64 Å². The van der Waals surface area contributed by atoms with Crippen molar-refractivity contribution in [2.75, 3.05) is 24.6 Å². The van der Waals surface area contributed by atoms with Crippen LogP contribution in [0.4, 0.5) is 11.4 Å². The Morgan fingerprint density at radius 3 is 2.54 bits per heavy atom. The molecule has 0 aliphatic carbocycles. The minimum absolute atomic E-state index is 0.225. The van der Waals surface area contributed by atoms with Crippen LogP contribution in [0.25, 0.3) is 0 Å². The molecule has 1 aromatic rings. The third-order valence-corrected chi connectivity index (χ3v) is 4.86. The number of anilines is 1. The number of hydrogen-bond acceptors (Lipinski definition) is 7. The Labute approximate surface area is 139 Å². The summed E-state index contributed by atoms with van der Waals surface area (Å²) in [6.07, 6.45) is 1.03. The van der Waals surface area contributed by atoms with Gasteiger partial charge in [-0.3, -0.25) is 14.9 Å². The lowest BCUT2D eigenvalue weighted by molar-refractivity contribution is -0.385. The van der Waals surface area contributed by atoms with Gasteiger partial charge >= 0.3 is 5.97 Å². The average molecular weight is 357 g/mol. The normalized spacial score (nSPS) is 16.0. The van der Waals surface area contributed by atoms with E-state index in [2.05, 4.69) is 0 Å². The molecule has 24 heavy (non-hydrogen) atoms. The number of esters is 1. The summed E-state index contributed by atoms with van der Waals surface area (Å²) in [6.45, 7) is 2.92. The highest BCUT2D eigenvalue weighted by atomic mass is 32.2. The van der Waals surface area contributed by atoms with Gasteiger partial charge in [0, 0.05) is 25.2 Å². The zero-order chi connectivity index (χ0) is 17.9. The molecule has 2 N–H and O–H groups in total. The summed E-state index contributed by atoms with van der Waals surface area (Å²) in [4.78, 5) is 23.4. The van der Waals surface area contributed by atoms with Gasteiger partial charge in [0.15, 0.2) is 0 Å². The Morgan fingerprint density at radius 2 is 2.04 bits per heavy atom. The monoisotopic (exact) mass is 357 g/mol. The summed E-state index contributed by atoms with van der Waals surface area (Å²) < 4.78 is 28.6. The molecule has 1 aromatic carbocycles. The number of rotatable bonds is 5. The van der Waals surface area contributed by atoms with Crippen LogP contribution in [0.15, 0.2) is 23.1 Å². The number of piperidine rings is 1. The quantitative estimate of drug-likeness (QED) is 0.472. The largest absolute Gasteiger partial charge is 0.466 e. The summed E-state index contributed by atoms with van der Waals surface area (Å²) in [6, 6.07) is 3.58. The Balaban J connectivity index is 2.24. The second kappa shape index (κ2) is 7.14. The fourth-order valence-electron chi connectivity index (χ4n) is 2.72. The van der Waals surface area contributed by atoms with Crippen molar-refractivity contribution in [3.8, 4) is 0 Å². The first-order chi connectivity index (χ1) is 11.2. The van der Waals surface area contributed by atoms with Crippen molar-refractivity contribution >= 4 is 27.4 Å². The molecule has 1 heterocycles. The number of nitrogens with two attached hydrogens (primary N) is 1. The van der Waals surface area contributed by atoms with Gasteiger partial charge in [0.2, 0.25) is 10.0 Å². The molecule has 0 saturated carbocycles. The molecule has 0 atom stereocenters. The van der Waals surface area contributed by atoms with Gasteiger partial charge in [-0.1, -0.05) is 0 Å². The standard InChI is InChI=1S/C14H19N3O6S/c1-2-23-14(18)10-5-7-16(8-6-10)12-4-3-11(17(19)20)9-13(12)24(15,21)22/h3-4,9-10H,2,5-8H2,1H3,(H2,15,21,22). The number of ether oxygens (including phenoxy) is 1. The highest BCUT2D eigenvalue weighted by Crippen LogP contribution is 2.31. The van der Waals surface area contributed by atoms with Crippen LogP contribution < -0.4 is 10.0 Å². The van der Waals surface area contributed by atoms with Gasteiger partial charge in [-0.25, -0.2) is 13.6 Å². The lowest BCUT2D eigenvalue weighted by atomic mass is 9.96. The summed E-state index contributed by atoms with van der Waals surface area (Å²) in [7, 11) is -4.12. The zero-order valence-corrected chi connectivity index (χ0v) is 14.0. The van der Waals surface area contributed by atoms with Gasteiger partial charge in [-0.05, 0) is 25.8 Å². The SMILES string of the molecule is CCOC(=O)C1CCN(c2ccc([N+](=O)[O-])cc2S(N)(=O)=O)CC1. The van der Waals surface area contributed by atoms with Crippen LogP contribution in [0.3, 0.4) is 0 Å². The van der Waals surface area contributed by atoms with E-state index in [9.17, 15) is 23.3 Å². The summed E-state index contributed by atoms with van der Waals surface area (Å²) in [5, 5.41) is 16.0. The number of non-ortho nitro benzene ring substituents is 1. The molecule has 1 fully saturated rings. The first-order valence-electron chi connectivity index (χ1n) is 7.47. The van der Waals surface area contributed by atoms with E-state index in [0.29, 0.717) is 38.2 Å². The maximum Gasteiger partial charge on any atom is 0.309 e. The number of nitro benzene ring substituents is 1. The van der Waals surface area contributed by atoms with Crippen molar-refractivity contribution in [3.05, 3.63) is 28.3 Å². The van der Waals surface area contributed by atoms with E-state index < -0.39 is 14.9 Å². The first kappa shape index (κ1) is 18.1. The van der Waals surface area contributed by atoms with Crippen molar-refractivity contribution in [3.63, 3.8) is 0 Å². The van der Waals surface area contributed by atoms with Crippen LogP contribution in [-0.2, 0) is 19.6 Å². The molecule has 9 nitrogen and oxygen atoms in total. The smallest absolute Gasteiger partial charge is 0.309 e. The van der Waals surface area contributed by atoms with Gasteiger partial charge in [0.05, 0.1) is 23.1 Å². The molecular weight excluding hydrogens is 338 g/mol. The maximum absolute atomic E-state index is 11.8. The van der Waals surface area contributed by atoms with Crippen molar-refractivity contribution in [2.45, 2.75) is 24.7 Å². The number of nitrogens with zero attached hydrogens (tertiary/aromatic N) is 2. The van der Waals surface area contributed by atoms with E-state index >= 15 is 0 Å². The molecule has 0 aromatic heterocycles. The van der Waals surface area contributed by atoms with E-state index in [4.69, 9.17) is 9.88 Å². The van der Waals surface area contributed by atoms with E-state index in [1.807, 2.05) is 0 Å². The second-order valence-electron chi connectivity index (χ2n) is 5.47. The van der Waals surface area contributed by atoms with Gasteiger partial charge in [0.1, 0.15) is 4.90 Å². The Hall–Kier alpha value is -2.20. The van der Waals surface area contributed by atoms with Crippen molar-refractivity contribution < 1.29 is 22.9 Å². The molecule has 1 aliphatic heterocycles. The molecule has 0 amide bonds. The third kappa shape index (κ3) is 4.01. The topological polar surface area (TPSA) is 133 Å². The van der Waals surface area contributed by atoms with Gasteiger partial charge in [0.25, 0.3) is 5.69 Å². The lowest BCUT2D eigenvalue weighted by Crippen LogP contribution is -2.37. The van der Waals surface area contributed by atoms with Gasteiger partial charge in [-0.15, -0.1) is 0 Å². The number of benzene rings is 1. The predicted molar refractivity (Wildman–Crippen MR) is 86.0 cm³/mol. The van der Waals surface area contributed by atoms with E-state index in [1.54, 1.807) is 11.8 Å². The fraction of sp³-hybridized carbons (Fsp3) is 0.500. The average Bonchev–Trinajstić information content (AvgIpc) is 2.54. The van der Waals surface area contributed by atoms with Gasteiger partial charge in [-0.2, -0.15) is 0 Å². The second-order valence-corrected chi connectivity index (χ2v) is 7.00. The number of hydrogen-bond donors (Lipinski definition) is 1. The third-order valence-electron chi connectivity index (χ3n) is 3.92. The molecule has 1 aliphatic rings. The summed E-state index contributed by atoms with van der Waals surface area (Å²) in [5.41, 5.74) is -0.0328. The maximum atomic E-state index is 11.8. The van der Waals surface area contributed by atoms with Crippen LogP contribution in [-0.4, -0.2) is 39.0 Å². The number of carbonyl (C=O) groups excluding carboxylic acids is 1. The number of carbonyl (C=O) groups is 1.